The second kappa shape index (κ2) is 4.77. The van der Waals surface area contributed by atoms with Crippen molar-refractivity contribution >= 4 is 28.4 Å². The quantitative estimate of drug-likeness (QED) is 0.773. The predicted octanol–water partition coefficient (Wildman–Crippen LogP) is 1.44. The number of nitrogens with one attached hydrogen (secondary N) is 2. The van der Waals surface area contributed by atoms with Gasteiger partial charge in [0.2, 0.25) is 5.91 Å². The number of para-hydroxylation sites is 1. The van der Waals surface area contributed by atoms with E-state index in [0.717, 1.165) is 16.5 Å². The molecule has 0 bridgehead atoms. The standard InChI is InChI=1S/C12H14ClN3O/c1-15-12(17)10(14)5-7-6-16-11-8(7)3-2-4-9(11)13/h2-4,6,10,16H,5,14H2,1H3,(H,15,17)/t10-/m1/s1. The summed E-state index contributed by atoms with van der Waals surface area (Å²) < 4.78 is 0. The maximum atomic E-state index is 11.4. The first-order chi connectivity index (χ1) is 8.13. The molecule has 1 aromatic heterocycles. The van der Waals surface area contributed by atoms with E-state index in [0.29, 0.717) is 11.4 Å². The van der Waals surface area contributed by atoms with E-state index < -0.39 is 6.04 Å². The van der Waals surface area contributed by atoms with Crippen LogP contribution in [0, 0.1) is 0 Å². The molecule has 0 radical (unpaired) electrons. The molecule has 0 aliphatic rings. The highest BCUT2D eigenvalue weighted by atomic mass is 35.5. The lowest BCUT2D eigenvalue weighted by Crippen LogP contribution is -2.40. The molecule has 1 atom stereocenters. The number of fused-ring (bicyclic) bond motifs is 1. The molecular formula is C12H14ClN3O. The van der Waals surface area contributed by atoms with Crippen LogP contribution in [0.3, 0.4) is 0 Å². The van der Waals surface area contributed by atoms with Crippen LogP contribution >= 0.6 is 11.6 Å². The Labute approximate surface area is 104 Å². The average Bonchev–Trinajstić information content (AvgIpc) is 2.73. The predicted molar refractivity (Wildman–Crippen MR) is 69.1 cm³/mol. The highest BCUT2D eigenvalue weighted by Gasteiger charge is 2.15. The van der Waals surface area contributed by atoms with Crippen LogP contribution < -0.4 is 11.1 Å². The van der Waals surface area contributed by atoms with Crippen LogP contribution in [0.4, 0.5) is 0 Å². The number of halogens is 1. The van der Waals surface area contributed by atoms with Crippen LogP contribution in [-0.2, 0) is 11.2 Å². The summed E-state index contributed by atoms with van der Waals surface area (Å²) in [7, 11) is 1.58. The lowest BCUT2D eigenvalue weighted by Gasteiger charge is -2.08. The van der Waals surface area contributed by atoms with Gasteiger partial charge in [0.15, 0.2) is 0 Å². The molecule has 0 aliphatic heterocycles. The number of aromatic nitrogens is 1. The zero-order chi connectivity index (χ0) is 12.4. The second-order valence-corrected chi connectivity index (χ2v) is 4.31. The molecule has 0 spiro atoms. The summed E-state index contributed by atoms with van der Waals surface area (Å²) in [4.78, 5) is 14.5. The number of carbonyl (C=O) groups excluding carboxylic acids is 1. The number of hydrogen-bond donors (Lipinski definition) is 3. The smallest absolute Gasteiger partial charge is 0.237 e. The molecule has 90 valence electrons. The molecule has 5 heteroatoms. The van der Waals surface area contributed by atoms with Gasteiger partial charge in [0.1, 0.15) is 0 Å². The molecule has 0 fully saturated rings. The summed E-state index contributed by atoms with van der Waals surface area (Å²) in [6.45, 7) is 0. The van der Waals surface area contributed by atoms with Crippen LogP contribution in [0.15, 0.2) is 24.4 Å². The number of H-pyrrole nitrogens is 1. The Balaban J connectivity index is 2.31. The molecule has 0 aliphatic carbocycles. The zero-order valence-electron chi connectivity index (χ0n) is 9.46. The van der Waals surface area contributed by atoms with Crippen LogP contribution in [-0.4, -0.2) is 24.0 Å². The number of carbonyl (C=O) groups is 1. The molecule has 4 N–H and O–H groups in total. The third-order valence-corrected chi connectivity index (χ3v) is 3.09. The molecule has 0 saturated heterocycles. The highest BCUT2D eigenvalue weighted by molar-refractivity contribution is 6.35. The van der Waals surface area contributed by atoms with Crippen LogP contribution in [0.25, 0.3) is 10.9 Å². The second-order valence-electron chi connectivity index (χ2n) is 3.90. The summed E-state index contributed by atoms with van der Waals surface area (Å²) in [5.41, 5.74) is 7.67. The summed E-state index contributed by atoms with van der Waals surface area (Å²) >= 11 is 6.05. The maximum Gasteiger partial charge on any atom is 0.237 e. The van der Waals surface area contributed by atoms with E-state index in [9.17, 15) is 4.79 Å². The van der Waals surface area contributed by atoms with E-state index in [4.69, 9.17) is 17.3 Å². The van der Waals surface area contributed by atoms with Gasteiger partial charge in [-0.15, -0.1) is 0 Å². The molecule has 2 aromatic rings. The fourth-order valence-electron chi connectivity index (χ4n) is 1.86. The number of rotatable bonds is 3. The van der Waals surface area contributed by atoms with Crippen molar-refractivity contribution in [2.75, 3.05) is 7.05 Å². The number of likely N-dealkylation sites (N-methyl/N-ethyl adjacent to an activating group) is 1. The maximum absolute atomic E-state index is 11.4. The Morgan fingerprint density at radius 3 is 3.06 bits per heavy atom. The van der Waals surface area contributed by atoms with Crippen molar-refractivity contribution in [1.82, 2.24) is 10.3 Å². The van der Waals surface area contributed by atoms with E-state index in [1.54, 1.807) is 7.05 Å². The lowest BCUT2D eigenvalue weighted by atomic mass is 10.1. The monoisotopic (exact) mass is 251 g/mol. The van der Waals surface area contributed by atoms with Gasteiger partial charge < -0.3 is 16.0 Å². The summed E-state index contributed by atoms with van der Waals surface area (Å²) in [5, 5.41) is 4.22. The van der Waals surface area contributed by atoms with E-state index >= 15 is 0 Å². The number of benzene rings is 1. The van der Waals surface area contributed by atoms with Crippen molar-refractivity contribution in [3.05, 3.63) is 35.0 Å². The van der Waals surface area contributed by atoms with Crippen LogP contribution in [0.1, 0.15) is 5.56 Å². The Bertz CT molecular complexity index is 550. The first-order valence-electron chi connectivity index (χ1n) is 5.35. The van der Waals surface area contributed by atoms with E-state index in [1.807, 2.05) is 24.4 Å². The Morgan fingerprint density at radius 2 is 2.35 bits per heavy atom. The number of hydrogen-bond acceptors (Lipinski definition) is 2. The first-order valence-corrected chi connectivity index (χ1v) is 5.73. The van der Waals surface area contributed by atoms with Gasteiger partial charge in [-0.1, -0.05) is 23.7 Å². The highest BCUT2D eigenvalue weighted by Crippen LogP contribution is 2.25. The van der Waals surface area contributed by atoms with Gasteiger partial charge in [-0.3, -0.25) is 4.79 Å². The number of nitrogens with two attached hydrogens (primary N) is 1. The fourth-order valence-corrected chi connectivity index (χ4v) is 2.09. The van der Waals surface area contributed by atoms with Gasteiger partial charge >= 0.3 is 0 Å². The van der Waals surface area contributed by atoms with Gasteiger partial charge in [-0.2, -0.15) is 0 Å². The van der Waals surface area contributed by atoms with Crippen molar-refractivity contribution in [3.8, 4) is 0 Å². The first kappa shape index (κ1) is 12.0. The minimum atomic E-state index is -0.544. The molecule has 17 heavy (non-hydrogen) atoms. The summed E-state index contributed by atoms with van der Waals surface area (Å²) in [5.74, 6) is -0.165. The molecule has 1 aromatic carbocycles. The number of aromatic amines is 1. The topological polar surface area (TPSA) is 70.9 Å². The molecule has 0 unspecified atom stereocenters. The van der Waals surface area contributed by atoms with Gasteiger partial charge in [0.05, 0.1) is 16.6 Å². The molecule has 2 rings (SSSR count). The molecule has 0 saturated carbocycles. The largest absolute Gasteiger partial charge is 0.360 e. The minimum Gasteiger partial charge on any atom is -0.360 e. The fraction of sp³-hybridized carbons (Fsp3) is 0.250. The minimum absolute atomic E-state index is 0.165. The van der Waals surface area contributed by atoms with Crippen molar-refractivity contribution < 1.29 is 4.79 Å². The third kappa shape index (κ3) is 2.28. The van der Waals surface area contributed by atoms with Crippen molar-refractivity contribution in [2.24, 2.45) is 5.73 Å². The lowest BCUT2D eigenvalue weighted by molar-refractivity contribution is -0.121. The molecular weight excluding hydrogens is 238 g/mol. The van der Waals surface area contributed by atoms with Gasteiger partial charge in [-0.05, 0) is 18.1 Å². The molecule has 4 nitrogen and oxygen atoms in total. The number of amides is 1. The summed E-state index contributed by atoms with van der Waals surface area (Å²) in [6, 6.07) is 5.12. The van der Waals surface area contributed by atoms with Crippen molar-refractivity contribution in [2.45, 2.75) is 12.5 Å². The molecule has 1 heterocycles. The SMILES string of the molecule is CNC(=O)[C@H](N)Cc1c[nH]c2c(Cl)cccc12. The molecule has 1 amide bonds. The van der Waals surface area contributed by atoms with Gasteiger partial charge in [0, 0.05) is 18.6 Å². The van der Waals surface area contributed by atoms with E-state index in [-0.39, 0.29) is 5.91 Å². The normalized spacial score (nSPS) is 12.6. The Kier molecular flexibility index (Phi) is 3.36. The van der Waals surface area contributed by atoms with Crippen LogP contribution in [0.2, 0.25) is 5.02 Å². The average molecular weight is 252 g/mol. The third-order valence-electron chi connectivity index (χ3n) is 2.77. The van der Waals surface area contributed by atoms with Crippen molar-refractivity contribution in [3.63, 3.8) is 0 Å². The Hall–Kier alpha value is -1.52. The van der Waals surface area contributed by atoms with Crippen molar-refractivity contribution in [1.29, 1.82) is 0 Å². The van der Waals surface area contributed by atoms with Crippen LogP contribution in [0.5, 0.6) is 0 Å². The summed E-state index contributed by atoms with van der Waals surface area (Å²) in [6.07, 6.45) is 2.33. The van der Waals surface area contributed by atoms with Gasteiger partial charge in [0.25, 0.3) is 0 Å². The Morgan fingerprint density at radius 1 is 1.59 bits per heavy atom. The van der Waals surface area contributed by atoms with Gasteiger partial charge in [-0.25, -0.2) is 0 Å². The van der Waals surface area contributed by atoms with E-state index in [1.165, 1.54) is 0 Å². The van der Waals surface area contributed by atoms with E-state index in [2.05, 4.69) is 10.3 Å². The zero-order valence-corrected chi connectivity index (χ0v) is 10.2.